The van der Waals surface area contributed by atoms with Gasteiger partial charge in [0.1, 0.15) is 5.75 Å². The van der Waals surface area contributed by atoms with Crippen molar-refractivity contribution in [3.05, 3.63) is 0 Å². The Morgan fingerprint density at radius 1 is 1.17 bits per heavy atom. The first-order valence-electron chi connectivity index (χ1n) is 9.36. The molecule has 6 nitrogen and oxygen atoms in total. The number of hydrogen-bond donors (Lipinski definition) is 2. The van der Waals surface area contributed by atoms with E-state index in [2.05, 4.69) is 17.0 Å². The third-order valence-electron chi connectivity index (χ3n) is 6.18. The quantitative estimate of drug-likeness (QED) is 0.789. The number of nitrogens with zero attached hydrogens (tertiary/aromatic N) is 1. The summed E-state index contributed by atoms with van der Waals surface area (Å²) in [5, 5.41) is 3.40. The van der Waals surface area contributed by atoms with E-state index in [1.807, 2.05) is 0 Å². The van der Waals surface area contributed by atoms with Crippen molar-refractivity contribution in [2.24, 2.45) is 11.3 Å². The van der Waals surface area contributed by atoms with Crippen LogP contribution in [0.3, 0.4) is 0 Å². The van der Waals surface area contributed by atoms with Crippen LogP contribution < -0.4 is 10.0 Å². The lowest BCUT2D eigenvalue weighted by Crippen LogP contribution is -2.48. The first kappa shape index (κ1) is 18.1. The van der Waals surface area contributed by atoms with E-state index in [-0.39, 0.29) is 11.9 Å². The zero-order valence-electron chi connectivity index (χ0n) is 14.7. The van der Waals surface area contributed by atoms with E-state index >= 15 is 0 Å². The first-order chi connectivity index (χ1) is 11.4. The fourth-order valence-electron chi connectivity index (χ4n) is 4.38. The summed E-state index contributed by atoms with van der Waals surface area (Å²) in [5.74, 6) is 0.0372. The van der Waals surface area contributed by atoms with Gasteiger partial charge in [-0.2, -0.15) is 0 Å². The Labute approximate surface area is 145 Å². The molecule has 1 saturated carbocycles. The van der Waals surface area contributed by atoms with Crippen molar-refractivity contribution in [1.82, 2.24) is 14.9 Å². The van der Waals surface area contributed by atoms with E-state index in [9.17, 15) is 13.2 Å². The van der Waals surface area contributed by atoms with Gasteiger partial charge < -0.3 is 10.2 Å². The second-order valence-corrected chi connectivity index (χ2v) is 9.90. The molecular formula is C17H31N3O3S. The Morgan fingerprint density at radius 3 is 2.42 bits per heavy atom. The number of sulfonamides is 1. The minimum absolute atomic E-state index is 0.00758. The number of likely N-dealkylation sites (tertiary alicyclic amines) is 1. The molecule has 1 aliphatic carbocycles. The molecule has 1 amide bonds. The van der Waals surface area contributed by atoms with Crippen molar-refractivity contribution in [2.75, 3.05) is 31.9 Å². The molecule has 3 fully saturated rings. The molecule has 0 atom stereocenters. The van der Waals surface area contributed by atoms with Gasteiger partial charge in [0.25, 0.3) is 0 Å². The smallest absolute Gasteiger partial charge is 0.239 e. The van der Waals surface area contributed by atoms with Gasteiger partial charge >= 0.3 is 0 Å². The number of rotatable bonds is 4. The summed E-state index contributed by atoms with van der Waals surface area (Å²) in [5.41, 5.74) is 0.340. The number of nitrogens with one attached hydrogen (secondary N) is 2. The highest BCUT2D eigenvalue weighted by atomic mass is 32.2. The van der Waals surface area contributed by atoms with Crippen molar-refractivity contribution in [3.63, 3.8) is 0 Å². The number of piperidine rings is 1. The van der Waals surface area contributed by atoms with Crippen LogP contribution in [0, 0.1) is 11.3 Å². The van der Waals surface area contributed by atoms with Crippen molar-refractivity contribution in [2.45, 2.75) is 57.9 Å². The molecule has 0 aromatic rings. The molecule has 3 rings (SSSR count). The normalized spacial score (nSPS) is 30.6. The second-order valence-electron chi connectivity index (χ2n) is 8.14. The Hall–Kier alpha value is -0.660. The molecule has 0 bridgehead atoms. The van der Waals surface area contributed by atoms with Gasteiger partial charge in [-0.25, -0.2) is 13.1 Å². The molecular weight excluding hydrogens is 326 g/mol. The van der Waals surface area contributed by atoms with E-state index in [4.69, 9.17) is 0 Å². The van der Waals surface area contributed by atoms with Gasteiger partial charge in [0, 0.05) is 25.7 Å². The lowest BCUT2D eigenvalue weighted by molar-refractivity contribution is -0.130. The van der Waals surface area contributed by atoms with Crippen molar-refractivity contribution in [3.8, 4) is 0 Å². The maximum Gasteiger partial charge on any atom is 0.239 e. The molecule has 3 aliphatic rings. The van der Waals surface area contributed by atoms with E-state index in [1.165, 1.54) is 6.42 Å². The SMILES string of the molecule is CC1CCC(NS(=O)(=O)CC(=O)N2CCC3(CCNC3)CC2)CC1. The summed E-state index contributed by atoms with van der Waals surface area (Å²) in [6.07, 6.45) is 7.03. The average Bonchev–Trinajstić information content (AvgIpc) is 2.97. The zero-order chi connectivity index (χ0) is 17.2. The predicted molar refractivity (Wildman–Crippen MR) is 94.1 cm³/mol. The molecule has 2 saturated heterocycles. The highest BCUT2D eigenvalue weighted by molar-refractivity contribution is 7.90. The molecule has 2 heterocycles. The van der Waals surface area contributed by atoms with Crippen LogP contribution in [0.5, 0.6) is 0 Å². The van der Waals surface area contributed by atoms with Gasteiger partial charge in [-0.15, -0.1) is 0 Å². The molecule has 0 aromatic heterocycles. The lowest BCUT2D eigenvalue weighted by atomic mass is 9.78. The molecule has 138 valence electrons. The Morgan fingerprint density at radius 2 is 1.83 bits per heavy atom. The van der Waals surface area contributed by atoms with Gasteiger partial charge in [0.15, 0.2) is 0 Å². The highest BCUT2D eigenvalue weighted by Gasteiger charge is 2.38. The topological polar surface area (TPSA) is 78.5 Å². The maximum atomic E-state index is 12.4. The summed E-state index contributed by atoms with van der Waals surface area (Å²) >= 11 is 0. The Bertz CT molecular complexity index is 539. The molecule has 1 spiro atoms. The lowest BCUT2D eigenvalue weighted by Gasteiger charge is -2.39. The van der Waals surface area contributed by atoms with Crippen LogP contribution >= 0.6 is 0 Å². The van der Waals surface area contributed by atoms with E-state index < -0.39 is 15.8 Å². The summed E-state index contributed by atoms with van der Waals surface area (Å²) in [6.45, 7) is 5.69. The number of amides is 1. The molecule has 2 N–H and O–H groups in total. The van der Waals surface area contributed by atoms with Crippen molar-refractivity contribution < 1.29 is 13.2 Å². The van der Waals surface area contributed by atoms with Crippen molar-refractivity contribution in [1.29, 1.82) is 0 Å². The summed E-state index contributed by atoms with van der Waals surface area (Å²) < 4.78 is 27.4. The van der Waals surface area contributed by atoms with Crippen LogP contribution in [0.4, 0.5) is 0 Å². The largest absolute Gasteiger partial charge is 0.342 e. The first-order valence-corrected chi connectivity index (χ1v) is 11.0. The minimum atomic E-state index is -3.53. The molecule has 24 heavy (non-hydrogen) atoms. The second kappa shape index (κ2) is 7.30. The fourth-order valence-corrected chi connectivity index (χ4v) is 5.71. The Balaban J connectivity index is 1.47. The van der Waals surface area contributed by atoms with Gasteiger partial charge in [0.05, 0.1) is 0 Å². The van der Waals surface area contributed by atoms with Gasteiger partial charge in [-0.3, -0.25) is 4.79 Å². The van der Waals surface area contributed by atoms with Crippen LogP contribution in [0.2, 0.25) is 0 Å². The van der Waals surface area contributed by atoms with Gasteiger partial charge in [0.2, 0.25) is 15.9 Å². The van der Waals surface area contributed by atoms with Gasteiger partial charge in [-0.1, -0.05) is 6.92 Å². The van der Waals surface area contributed by atoms with E-state index in [0.29, 0.717) is 24.4 Å². The Kier molecular flexibility index (Phi) is 5.52. The fraction of sp³-hybridized carbons (Fsp3) is 0.941. The standard InChI is InChI=1S/C17H31N3O3S/c1-14-2-4-15(5-3-14)19-24(22,23)12-16(21)20-10-7-17(8-11-20)6-9-18-13-17/h14-15,18-19H,2-13H2,1H3. The van der Waals surface area contributed by atoms with Crippen LogP contribution in [0.25, 0.3) is 0 Å². The summed E-state index contributed by atoms with van der Waals surface area (Å²) in [4.78, 5) is 14.1. The molecule has 2 aliphatic heterocycles. The third-order valence-corrected chi connectivity index (χ3v) is 7.50. The molecule has 0 aromatic carbocycles. The number of carbonyl (C=O) groups excluding carboxylic acids is 1. The number of hydrogen-bond acceptors (Lipinski definition) is 4. The maximum absolute atomic E-state index is 12.4. The molecule has 0 radical (unpaired) electrons. The molecule has 7 heteroatoms. The highest BCUT2D eigenvalue weighted by Crippen LogP contribution is 2.36. The van der Waals surface area contributed by atoms with E-state index in [0.717, 1.165) is 51.6 Å². The van der Waals surface area contributed by atoms with Gasteiger partial charge in [-0.05, 0) is 62.8 Å². The van der Waals surface area contributed by atoms with Crippen LogP contribution in [-0.2, 0) is 14.8 Å². The summed E-state index contributed by atoms with van der Waals surface area (Å²) in [7, 11) is -3.53. The van der Waals surface area contributed by atoms with Crippen LogP contribution in [0.1, 0.15) is 51.9 Å². The van der Waals surface area contributed by atoms with Crippen LogP contribution in [0.15, 0.2) is 0 Å². The minimum Gasteiger partial charge on any atom is -0.342 e. The monoisotopic (exact) mass is 357 g/mol. The zero-order valence-corrected chi connectivity index (χ0v) is 15.5. The summed E-state index contributed by atoms with van der Waals surface area (Å²) in [6, 6.07) is 0.00758. The predicted octanol–water partition coefficient (Wildman–Crippen LogP) is 1.09. The van der Waals surface area contributed by atoms with Crippen LogP contribution in [-0.4, -0.2) is 57.2 Å². The van der Waals surface area contributed by atoms with E-state index in [1.54, 1.807) is 4.90 Å². The average molecular weight is 358 g/mol. The molecule has 0 unspecified atom stereocenters. The van der Waals surface area contributed by atoms with Crippen molar-refractivity contribution >= 4 is 15.9 Å². The third kappa shape index (κ3) is 4.49. The number of carbonyl (C=O) groups is 1.